The molecule has 1 amide bonds. The van der Waals surface area contributed by atoms with Crippen LogP contribution in [0, 0.1) is 0 Å². The van der Waals surface area contributed by atoms with E-state index in [4.69, 9.17) is 9.47 Å². The fourth-order valence-corrected chi connectivity index (χ4v) is 3.57. The molecule has 0 bridgehead atoms. The predicted molar refractivity (Wildman–Crippen MR) is 111 cm³/mol. The molecule has 3 aromatic rings. The molecule has 0 saturated heterocycles. The first kappa shape index (κ1) is 18.3. The second-order valence-corrected chi connectivity index (χ2v) is 7.34. The number of nitrogens with one attached hydrogen (secondary N) is 2. The molecule has 0 aliphatic carbocycles. The number of aryl methyl sites for hydroxylation is 1. The summed E-state index contributed by atoms with van der Waals surface area (Å²) in [5.41, 5.74) is 3.25. The first-order valence-corrected chi connectivity index (χ1v) is 10.1. The number of benzene rings is 2. The van der Waals surface area contributed by atoms with Crippen molar-refractivity contribution in [3.63, 3.8) is 0 Å². The van der Waals surface area contributed by atoms with Crippen LogP contribution in [0.15, 0.2) is 47.8 Å². The highest BCUT2D eigenvalue weighted by Crippen LogP contribution is 2.35. The number of rotatable bonds is 7. The number of ether oxygens (including phenoxy) is 2. The zero-order chi connectivity index (χ0) is 19.3. The van der Waals surface area contributed by atoms with E-state index in [-0.39, 0.29) is 12.7 Å². The maximum Gasteiger partial charge on any atom is 0.275 e. The van der Waals surface area contributed by atoms with Crippen LogP contribution in [0.4, 0.5) is 16.5 Å². The van der Waals surface area contributed by atoms with Gasteiger partial charge in [0.1, 0.15) is 5.69 Å². The molecule has 4 rings (SSSR count). The second-order valence-electron chi connectivity index (χ2n) is 6.49. The van der Waals surface area contributed by atoms with Gasteiger partial charge in [0.2, 0.25) is 6.79 Å². The smallest absolute Gasteiger partial charge is 0.275 e. The van der Waals surface area contributed by atoms with Crippen molar-refractivity contribution in [2.75, 3.05) is 17.4 Å². The van der Waals surface area contributed by atoms with Crippen molar-refractivity contribution in [1.29, 1.82) is 0 Å². The summed E-state index contributed by atoms with van der Waals surface area (Å²) in [6, 6.07) is 13.5. The first-order valence-electron chi connectivity index (χ1n) is 9.24. The highest BCUT2D eigenvalue weighted by Gasteiger charge is 2.15. The van der Waals surface area contributed by atoms with Gasteiger partial charge >= 0.3 is 0 Å². The van der Waals surface area contributed by atoms with Crippen LogP contribution in [0.5, 0.6) is 11.5 Å². The van der Waals surface area contributed by atoms with Gasteiger partial charge in [-0.1, -0.05) is 25.5 Å². The van der Waals surface area contributed by atoms with E-state index < -0.39 is 0 Å². The van der Waals surface area contributed by atoms with Gasteiger partial charge in [0.05, 0.1) is 0 Å². The van der Waals surface area contributed by atoms with Gasteiger partial charge in [0, 0.05) is 22.8 Å². The summed E-state index contributed by atoms with van der Waals surface area (Å²) in [5, 5.41) is 8.46. The number of thiazole rings is 1. The van der Waals surface area contributed by atoms with Crippen LogP contribution in [0.25, 0.3) is 0 Å². The highest BCUT2D eigenvalue weighted by molar-refractivity contribution is 7.14. The Kier molecular flexibility index (Phi) is 5.43. The molecule has 0 atom stereocenters. The summed E-state index contributed by atoms with van der Waals surface area (Å²) in [6.07, 6.45) is 3.40. The molecule has 7 heteroatoms. The van der Waals surface area contributed by atoms with E-state index in [9.17, 15) is 4.79 Å². The molecule has 28 heavy (non-hydrogen) atoms. The molecular weight excluding hydrogens is 374 g/mol. The molecule has 0 radical (unpaired) electrons. The third-order valence-electron chi connectivity index (χ3n) is 4.39. The third-order valence-corrected chi connectivity index (χ3v) is 5.15. The quantitative estimate of drug-likeness (QED) is 0.574. The van der Waals surface area contributed by atoms with Gasteiger partial charge in [0.15, 0.2) is 16.6 Å². The summed E-state index contributed by atoms with van der Waals surface area (Å²) in [6.45, 7) is 2.41. The van der Waals surface area contributed by atoms with Crippen molar-refractivity contribution in [3.8, 4) is 11.5 Å². The van der Waals surface area contributed by atoms with Crippen LogP contribution in [-0.2, 0) is 6.42 Å². The van der Waals surface area contributed by atoms with E-state index >= 15 is 0 Å². The minimum Gasteiger partial charge on any atom is -0.454 e. The Hall–Kier alpha value is -3.06. The number of hydrogen-bond acceptors (Lipinski definition) is 6. The number of carbonyl (C=O) groups excluding carboxylic acids is 1. The van der Waals surface area contributed by atoms with Gasteiger partial charge in [-0.15, -0.1) is 11.3 Å². The molecule has 2 heterocycles. The number of unbranched alkanes of at least 4 members (excludes halogenated alkanes) is 1. The molecule has 0 spiro atoms. The Morgan fingerprint density at radius 1 is 1.11 bits per heavy atom. The number of anilines is 3. The Bertz CT molecular complexity index is 969. The predicted octanol–water partition coefficient (Wildman–Crippen LogP) is 5.21. The zero-order valence-corrected chi connectivity index (χ0v) is 16.3. The van der Waals surface area contributed by atoms with Gasteiger partial charge in [-0.3, -0.25) is 4.79 Å². The maximum absolute atomic E-state index is 12.5. The van der Waals surface area contributed by atoms with Crippen molar-refractivity contribution in [2.24, 2.45) is 0 Å². The molecule has 1 aliphatic rings. The number of fused-ring (bicyclic) bond motifs is 1. The van der Waals surface area contributed by atoms with Crippen LogP contribution in [0.3, 0.4) is 0 Å². The van der Waals surface area contributed by atoms with Crippen LogP contribution in [0.2, 0.25) is 0 Å². The van der Waals surface area contributed by atoms with Crippen molar-refractivity contribution in [1.82, 2.24) is 4.98 Å². The fraction of sp³-hybridized carbons (Fsp3) is 0.238. The second kappa shape index (κ2) is 8.31. The van der Waals surface area contributed by atoms with Crippen molar-refractivity contribution < 1.29 is 14.3 Å². The molecule has 6 nitrogen and oxygen atoms in total. The van der Waals surface area contributed by atoms with E-state index in [1.165, 1.54) is 29.7 Å². The van der Waals surface area contributed by atoms with Crippen LogP contribution < -0.4 is 20.1 Å². The first-order chi connectivity index (χ1) is 13.7. The number of amides is 1. The summed E-state index contributed by atoms with van der Waals surface area (Å²) in [5.74, 6) is 1.20. The normalized spacial score (nSPS) is 12.0. The molecule has 0 saturated carbocycles. The Labute approximate surface area is 167 Å². The van der Waals surface area contributed by atoms with Gasteiger partial charge in [-0.2, -0.15) is 0 Å². The van der Waals surface area contributed by atoms with E-state index in [1.54, 1.807) is 5.38 Å². The van der Waals surface area contributed by atoms with Crippen LogP contribution in [0.1, 0.15) is 35.8 Å². The van der Waals surface area contributed by atoms with Crippen molar-refractivity contribution in [3.05, 3.63) is 59.1 Å². The summed E-state index contributed by atoms with van der Waals surface area (Å²) in [7, 11) is 0. The molecule has 144 valence electrons. The molecule has 1 aliphatic heterocycles. The SMILES string of the molecule is CCCCc1ccc(NC(=O)c2csc(Nc3ccc4c(c3)OCO4)n2)cc1. The summed E-state index contributed by atoms with van der Waals surface area (Å²) < 4.78 is 10.7. The summed E-state index contributed by atoms with van der Waals surface area (Å²) in [4.78, 5) is 16.8. The Balaban J connectivity index is 1.37. The maximum atomic E-state index is 12.5. The van der Waals surface area contributed by atoms with Gasteiger partial charge in [-0.25, -0.2) is 4.98 Å². The van der Waals surface area contributed by atoms with Crippen molar-refractivity contribution >= 4 is 33.8 Å². The van der Waals surface area contributed by atoms with Crippen LogP contribution >= 0.6 is 11.3 Å². The van der Waals surface area contributed by atoms with E-state index in [0.717, 1.165) is 23.5 Å². The topological polar surface area (TPSA) is 72.5 Å². The fourth-order valence-electron chi connectivity index (χ4n) is 2.86. The minimum atomic E-state index is -0.226. The summed E-state index contributed by atoms with van der Waals surface area (Å²) >= 11 is 1.37. The average molecular weight is 395 g/mol. The molecule has 1 aromatic heterocycles. The third kappa shape index (κ3) is 4.26. The number of nitrogens with zero attached hydrogens (tertiary/aromatic N) is 1. The number of aromatic nitrogens is 1. The minimum absolute atomic E-state index is 0.226. The Morgan fingerprint density at radius 3 is 2.71 bits per heavy atom. The lowest BCUT2D eigenvalue weighted by Gasteiger charge is -2.05. The standard InChI is InChI=1S/C21H21N3O3S/c1-2-3-4-14-5-7-15(8-6-14)22-20(25)17-12-28-21(24-17)23-16-9-10-18-19(11-16)27-13-26-18/h5-12H,2-4,13H2,1H3,(H,22,25)(H,23,24). The Morgan fingerprint density at radius 2 is 1.89 bits per heavy atom. The molecular formula is C21H21N3O3S. The van der Waals surface area contributed by atoms with Crippen molar-refractivity contribution in [2.45, 2.75) is 26.2 Å². The highest BCUT2D eigenvalue weighted by atomic mass is 32.1. The molecule has 2 aromatic carbocycles. The van der Waals surface area contributed by atoms with Crippen LogP contribution in [-0.4, -0.2) is 17.7 Å². The van der Waals surface area contributed by atoms with Gasteiger partial charge < -0.3 is 20.1 Å². The van der Waals surface area contributed by atoms with Gasteiger partial charge in [0.25, 0.3) is 5.91 Å². The molecule has 2 N–H and O–H groups in total. The lowest BCUT2D eigenvalue weighted by molar-refractivity contribution is 0.102. The monoisotopic (exact) mass is 395 g/mol. The van der Waals surface area contributed by atoms with E-state index in [1.807, 2.05) is 30.3 Å². The molecule has 0 unspecified atom stereocenters. The largest absolute Gasteiger partial charge is 0.454 e. The average Bonchev–Trinajstić information content (AvgIpc) is 3.36. The lowest BCUT2D eigenvalue weighted by Crippen LogP contribution is -2.12. The zero-order valence-electron chi connectivity index (χ0n) is 15.5. The number of carbonyl (C=O) groups is 1. The molecule has 0 fully saturated rings. The van der Waals surface area contributed by atoms with E-state index in [2.05, 4.69) is 34.7 Å². The number of hydrogen-bond donors (Lipinski definition) is 2. The van der Waals surface area contributed by atoms with E-state index in [0.29, 0.717) is 16.6 Å². The lowest BCUT2D eigenvalue weighted by atomic mass is 10.1. The van der Waals surface area contributed by atoms with Gasteiger partial charge in [-0.05, 0) is 42.7 Å².